The average Bonchev–Trinajstić information content (AvgIpc) is 2.80. The van der Waals surface area contributed by atoms with Gasteiger partial charge in [-0.25, -0.2) is 0 Å². The smallest absolute Gasteiger partial charge is 0.417 e. The highest BCUT2D eigenvalue weighted by molar-refractivity contribution is 5.44. The molecule has 0 fully saturated rings. The van der Waals surface area contributed by atoms with Crippen molar-refractivity contribution in [3.8, 4) is 23.6 Å². The molecular weight excluding hydrogens is 431 g/mol. The molecule has 0 spiro atoms. The summed E-state index contributed by atoms with van der Waals surface area (Å²) in [4.78, 5) is 2.05. The van der Waals surface area contributed by atoms with Gasteiger partial charge >= 0.3 is 6.18 Å². The van der Waals surface area contributed by atoms with E-state index in [0.29, 0.717) is 13.0 Å². The molecule has 5 nitrogen and oxygen atoms in total. The zero-order valence-electron chi connectivity index (χ0n) is 18.8. The Hall–Kier alpha value is -3.23. The van der Waals surface area contributed by atoms with Gasteiger partial charge in [0.05, 0.1) is 35.8 Å². The number of alkyl halides is 3. The SMILES string of the molecule is CN(C)C(CCCCOc1ccccc1)CC(C#N)COc1ccc(C#N)c(C(F)(F)F)c1. The quantitative estimate of drug-likeness (QED) is 0.383. The minimum absolute atomic E-state index is 0.0129. The first kappa shape index (κ1) is 26.0. The third-order valence-electron chi connectivity index (χ3n) is 5.28. The Morgan fingerprint density at radius 3 is 2.30 bits per heavy atom. The van der Waals surface area contributed by atoms with Crippen molar-refractivity contribution in [1.29, 1.82) is 10.5 Å². The lowest BCUT2D eigenvalue weighted by Crippen LogP contribution is -2.31. The van der Waals surface area contributed by atoms with E-state index >= 15 is 0 Å². The molecule has 0 heterocycles. The fourth-order valence-corrected chi connectivity index (χ4v) is 3.40. The predicted octanol–water partition coefficient (Wildman–Crippen LogP) is 5.67. The van der Waals surface area contributed by atoms with Crippen LogP contribution >= 0.6 is 0 Å². The number of halogens is 3. The molecule has 33 heavy (non-hydrogen) atoms. The van der Waals surface area contributed by atoms with Crippen molar-refractivity contribution in [2.45, 2.75) is 37.9 Å². The Balaban J connectivity index is 1.85. The van der Waals surface area contributed by atoms with Crippen molar-refractivity contribution in [2.75, 3.05) is 27.3 Å². The van der Waals surface area contributed by atoms with Gasteiger partial charge in [-0.05, 0) is 70.1 Å². The highest BCUT2D eigenvalue weighted by Gasteiger charge is 2.34. The minimum atomic E-state index is -4.65. The second kappa shape index (κ2) is 12.7. The number of nitriles is 2. The number of unbranched alkanes of at least 4 members (excludes halogenated alkanes) is 1. The molecule has 0 aliphatic rings. The Morgan fingerprint density at radius 1 is 0.970 bits per heavy atom. The van der Waals surface area contributed by atoms with Crippen LogP contribution in [0.1, 0.15) is 36.8 Å². The van der Waals surface area contributed by atoms with Gasteiger partial charge < -0.3 is 14.4 Å². The molecule has 2 aromatic rings. The molecule has 0 N–H and O–H groups in total. The fourth-order valence-electron chi connectivity index (χ4n) is 3.40. The van der Waals surface area contributed by atoms with Crippen LogP contribution in [0, 0.1) is 28.6 Å². The summed E-state index contributed by atoms with van der Waals surface area (Å²) >= 11 is 0. The lowest BCUT2D eigenvalue weighted by molar-refractivity contribution is -0.137. The molecule has 0 aliphatic carbocycles. The van der Waals surface area contributed by atoms with Gasteiger partial charge in [0.25, 0.3) is 0 Å². The summed E-state index contributed by atoms with van der Waals surface area (Å²) in [5, 5.41) is 18.4. The van der Waals surface area contributed by atoms with E-state index in [1.54, 1.807) is 0 Å². The maximum Gasteiger partial charge on any atom is 0.417 e. The molecule has 176 valence electrons. The van der Waals surface area contributed by atoms with Crippen molar-refractivity contribution in [3.05, 3.63) is 59.7 Å². The molecule has 2 rings (SSSR count). The monoisotopic (exact) mass is 459 g/mol. The molecule has 8 heteroatoms. The Kier molecular flexibility index (Phi) is 10.0. The molecule has 0 aliphatic heterocycles. The van der Waals surface area contributed by atoms with Crippen LogP contribution in [0.2, 0.25) is 0 Å². The number of hydrogen-bond acceptors (Lipinski definition) is 5. The van der Waals surface area contributed by atoms with Crippen molar-refractivity contribution >= 4 is 0 Å². The zero-order valence-corrected chi connectivity index (χ0v) is 18.8. The average molecular weight is 460 g/mol. The van der Waals surface area contributed by atoms with Crippen LogP contribution in [0.15, 0.2) is 48.5 Å². The van der Waals surface area contributed by atoms with E-state index in [-0.39, 0.29) is 18.4 Å². The van der Waals surface area contributed by atoms with Gasteiger partial charge in [-0.15, -0.1) is 0 Å². The standard InChI is InChI=1S/C25H28F3N3O2/c1-31(2)21(8-6-7-13-32-22-9-4-3-5-10-22)14-19(16-29)18-33-23-12-11-20(17-30)24(15-23)25(26,27)28/h3-5,9-12,15,19,21H,6-8,13-14,18H2,1-2H3. The first-order chi connectivity index (χ1) is 15.7. The van der Waals surface area contributed by atoms with Crippen LogP contribution in [0.5, 0.6) is 11.5 Å². The molecule has 0 saturated carbocycles. The molecule has 0 saturated heterocycles. The summed E-state index contributed by atoms with van der Waals surface area (Å²) in [5.74, 6) is 0.337. The van der Waals surface area contributed by atoms with Gasteiger partial charge in [0, 0.05) is 6.04 Å². The van der Waals surface area contributed by atoms with Crippen molar-refractivity contribution in [2.24, 2.45) is 5.92 Å². The molecule has 2 unspecified atom stereocenters. The molecular formula is C25H28F3N3O2. The van der Waals surface area contributed by atoms with E-state index < -0.39 is 23.2 Å². The molecule has 0 radical (unpaired) electrons. The molecule has 0 amide bonds. The van der Waals surface area contributed by atoms with Crippen molar-refractivity contribution in [3.63, 3.8) is 0 Å². The predicted molar refractivity (Wildman–Crippen MR) is 119 cm³/mol. The number of nitrogens with zero attached hydrogens (tertiary/aromatic N) is 3. The summed E-state index contributed by atoms with van der Waals surface area (Å²) in [6, 6.07) is 16.7. The van der Waals surface area contributed by atoms with Crippen LogP contribution in [0.4, 0.5) is 13.2 Å². The third-order valence-corrected chi connectivity index (χ3v) is 5.28. The van der Waals surface area contributed by atoms with E-state index in [0.717, 1.165) is 37.1 Å². The van der Waals surface area contributed by atoms with Crippen LogP contribution in [-0.4, -0.2) is 38.3 Å². The number of hydrogen-bond donors (Lipinski definition) is 0. The van der Waals surface area contributed by atoms with Crippen LogP contribution in [0.25, 0.3) is 0 Å². The number of rotatable bonds is 12. The maximum absolute atomic E-state index is 13.1. The van der Waals surface area contributed by atoms with Crippen LogP contribution in [0.3, 0.4) is 0 Å². The topological polar surface area (TPSA) is 69.3 Å². The van der Waals surface area contributed by atoms with Crippen molar-refractivity contribution in [1.82, 2.24) is 4.90 Å². The fraction of sp³-hybridized carbons (Fsp3) is 0.440. The summed E-state index contributed by atoms with van der Waals surface area (Å²) in [7, 11) is 3.88. The van der Waals surface area contributed by atoms with E-state index in [1.165, 1.54) is 12.1 Å². The number of para-hydroxylation sites is 1. The second-order valence-electron chi connectivity index (χ2n) is 7.96. The van der Waals surface area contributed by atoms with E-state index in [4.69, 9.17) is 14.7 Å². The molecule has 2 aromatic carbocycles. The van der Waals surface area contributed by atoms with Crippen LogP contribution in [-0.2, 0) is 6.18 Å². The largest absolute Gasteiger partial charge is 0.494 e. The number of ether oxygens (including phenoxy) is 2. The maximum atomic E-state index is 13.1. The first-order valence-corrected chi connectivity index (χ1v) is 10.7. The second-order valence-corrected chi connectivity index (χ2v) is 7.96. The highest BCUT2D eigenvalue weighted by atomic mass is 19.4. The lowest BCUT2D eigenvalue weighted by atomic mass is 9.97. The number of benzene rings is 2. The summed E-state index contributed by atoms with van der Waals surface area (Å²) in [6.45, 7) is 0.580. The van der Waals surface area contributed by atoms with Gasteiger partial charge in [-0.1, -0.05) is 18.2 Å². The van der Waals surface area contributed by atoms with Gasteiger partial charge in [0.2, 0.25) is 0 Å². The Bertz CT molecular complexity index is 950. The summed E-state index contributed by atoms with van der Waals surface area (Å²) < 4.78 is 50.6. The van der Waals surface area contributed by atoms with Gasteiger partial charge in [-0.2, -0.15) is 23.7 Å². The van der Waals surface area contributed by atoms with Gasteiger partial charge in [0.15, 0.2) is 0 Å². The third kappa shape index (κ3) is 8.67. The van der Waals surface area contributed by atoms with E-state index in [2.05, 4.69) is 6.07 Å². The normalized spacial score (nSPS) is 13.1. The molecule has 2 atom stereocenters. The van der Waals surface area contributed by atoms with E-state index in [1.807, 2.05) is 49.3 Å². The zero-order chi connectivity index (χ0) is 24.3. The molecule has 0 bridgehead atoms. The summed E-state index contributed by atoms with van der Waals surface area (Å²) in [6.07, 6.45) is -1.47. The Morgan fingerprint density at radius 2 is 1.70 bits per heavy atom. The van der Waals surface area contributed by atoms with Crippen molar-refractivity contribution < 1.29 is 22.6 Å². The minimum Gasteiger partial charge on any atom is -0.494 e. The van der Waals surface area contributed by atoms with Gasteiger partial charge in [0.1, 0.15) is 18.1 Å². The lowest BCUT2D eigenvalue weighted by Gasteiger charge is -2.26. The molecule has 0 aromatic heterocycles. The van der Waals surface area contributed by atoms with E-state index in [9.17, 15) is 18.4 Å². The van der Waals surface area contributed by atoms with Crippen LogP contribution < -0.4 is 9.47 Å². The van der Waals surface area contributed by atoms with Gasteiger partial charge in [-0.3, -0.25) is 0 Å². The Labute approximate surface area is 193 Å². The highest BCUT2D eigenvalue weighted by Crippen LogP contribution is 2.34. The first-order valence-electron chi connectivity index (χ1n) is 10.7. The summed E-state index contributed by atoms with van der Waals surface area (Å²) in [5.41, 5.74) is -1.50.